The molecule has 0 atom stereocenters. The number of hydrogen-bond acceptors (Lipinski definition) is 3. The van der Waals surface area contributed by atoms with E-state index in [2.05, 4.69) is 12.1 Å². The number of quaternary nitrogens is 1. The minimum Gasteiger partial charge on any atom is -1.00 e. The fourth-order valence-electron chi connectivity index (χ4n) is 4.06. The number of halogens is 4. The molecule has 3 aromatic rings. The number of benzene rings is 3. The molecule has 0 aromatic heterocycles. The molecule has 33 heavy (non-hydrogen) atoms. The zero-order valence-electron chi connectivity index (χ0n) is 18.3. The van der Waals surface area contributed by atoms with Crippen LogP contribution in [-0.2, 0) is 10.9 Å². The van der Waals surface area contributed by atoms with Gasteiger partial charge >= 0.3 is 6.18 Å². The molecular formula is C25H28ClF3N2O2. The van der Waals surface area contributed by atoms with Gasteiger partial charge in [0.25, 0.3) is 0 Å². The van der Waals surface area contributed by atoms with Gasteiger partial charge in [0.2, 0.25) is 0 Å². The number of nitrogens with one attached hydrogen (secondary N) is 1. The van der Waals surface area contributed by atoms with Crippen molar-refractivity contribution < 1.29 is 40.0 Å². The van der Waals surface area contributed by atoms with Crippen LogP contribution in [-0.4, -0.2) is 52.5 Å². The van der Waals surface area contributed by atoms with Gasteiger partial charge in [-0.15, -0.1) is 0 Å². The van der Waals surface area contributed by atoms with Gasteiger partial charge in [0.15, 0.2) is 0 Å². The lowest BCUT2D eigenvalue weighted by Gasteiger charge is -2.33. The van der Waals surface area contributed by atoms with E-state index in [1.165, 1.54) is 17.0 Å². The van der Waals surface area contributed by atoms with E-state index < -0.39 is 11.7 Å². The summed E-state index contributed by atoms with van der Waals surface area (Å²) in [7, 11) is 0. The summed E-state index contributed by atoms with van der Waals surface area (Å²) in [5, 5.41) is 2.25. The van der Waals surface area contributed by atoms with Crippen molar-refractivity contribution in [3.8, 4) is 5.75 Å². The van der Waals surface area contributed by atoms with Crippen molar-refractivity contribution in [2.45, 2.75) is 6.18 Å². The molecule has 178 valence electrons. The number of hydrogen-bond donors (Lipinski definition) is 1. The largest absolute Gasteiger partial charge is 1.00 e. The molecule has 0 unspecified atom stereocenters. The maximum absolute atomic E-state index is 12.9. The lowest BCUT2D eigenvalue weighted by atomic mass is 10.1. The SMILES string of the molecule is FC(F)(F)c1cccc(N2CC[NH+](CCOCCOc3cccc4ccccc34)CC2)c1.[Cl-]. The van der Waals surface area contributed by atoms with Crippen LogP contribution < -0.4 is 26.9 Å². The first-order valence-electron chi connectivity index (χ1n) is 10.9. The monoisotopic (exact) mass is 480 g/mol. The highest BCUT2D eigenvalue weighted by atomic mass is 35.5. The lowest BCUT2D eigenvalue weighted by molar-refractivity contribution is -0.901. The van der Waals surface area contributed by atoms with Gasteiger partial charge in [0.1, 0.15) is 18.9 Å². The first-order valence-corrected chi connectivity index (χ1v) is 10.9. The van der Waals surface area contributed by atoms with Gasteiger partial charge in [0.05, 0.1) is 45.0 Å². The minimum atomic E-state index is -4.31. The van der Waals surface area contributed by atoms with Gasteiger partial charge in [-0.05, 0) is 29.7 Å². The maximum atomic E-state index is 12.9. The summed E-state index contributed by atoms with van der Waals surface area (Å²) < 4.78 is 50.5. The van der Waals surface area contributed by atoms with Gasteiger partial charge < -0.3 is 31.7 Å². The number of alkyl halides is 3. The summed E-state index contributed by atoms with van der Waals surface area (Å²) in [4.78, 5) is 3.43. The van der Waals surface area contributed by atoms with E-state index in [-0.39, 0.29) is 12.4 Å². The average molecular weight is 481 g/mol. The third-order valence-corrected chi connectivity index (χ3v) is 5.84. The summed E-state index contributed by atoms with van der Waals surface area (Å²) >= 11 is 0. The predicted octanol–water partition coefficient (Wildman–Crippen LogP) is 0.663. The fraction of sp³-hybridized carbons (Fsp3) is 0.360. The topological polar surface area (TPSA) is 26.1 Å². The summed E-state index contributed by atoms with van der Waals surface area (Å²) in [5.74, 6) is 0.864. The van der Waals surface area contributed by atoms with E-state index in [1.54, 1.807) is 6.07 Å². The highest BCUT2D eigenvalue weighted by Gasteiger charge is 2.31. The molecule has 1 N–H and O–H groups in total. The number of fused-ring (bicyclic) bond motifs is 1. The van der Waals surface area contributed by atoms with E-state index in [4.69, 9.17) is 9.47 Å². The number of rotatable bonds is 8. The molecule has 1 heterocycles. The third kappa shape index (κ3) is 6.76. The van der Waals surface area contributed by atoms with Crippen molar-refractivity contribution in [1.82, 2.24) is 0 Å². The fourth-order valence-corrected chi connectivity index (χ4v) is 4.06. The summed E-state index contributed by atoms with van der Waals surface area (Å²) in [6, 6.07) is 19.7. The molecule has 3 aromatic carbocycles. The van der Waals surface area contributed by atoms with Crippen molar-refractivity contribution in [1.29, 1.82) is 0 Å². The van der Waals surface area contributed by atoms with Crippen molar-refractivity contribution in [3.05, 3.63) is 72.3 Å². The Hall–Kier alpha value is -2.48. The van der Waals surface area contributed by atoms with Gasteiger partial charge in [-0.2, -0.15) is 13.2 Å². The Bertz CT molecular complexity index is 1020. The number of nitrogens with zero attached hydrogens (tertiary/aromatic N) is 1. The second kappa shape index (κ2) is 11.6. The molecule has 1 aliphatic rings. The van der Waals surface area contributed by atoms with Crippen molar-refractivity contribution in [2.75, 3.05) is 57.4 Å². The highest BCUT2D eigenvalue weighted by molar-refractivity contribution is 5.88. The molecule has 0 radical (unpaired) electrons. The average Bonchev–Trinajstić information content (AvgIpc) is 2.81. The normalized spacial score (nSPS) is 14.8. The van der Waals surface area contributed by atoms with Crippen molar-refractivity contribution >= 4 is 16.5 Å². The molecule has 0 saturated carbocycles. The molecule has 1 saturated heterocycles. The van der Waals surface area contributed by atoms with Crippen LogP contribution in [0.2, 0.25) is 0 Å². The Morgan fingerprint density at radius 1 is 0.848 bits per heavy atom. The first-order chi connectivity index (χ1) is 15.5. The predicted molar refractivity (Wildman–Crippen MR) is 119 cm³/mol. The van der Waals surface area contributed by atoms with E-state index in [9.17, 15) is 13.2 Å². The minimum absolute atomic E-state index is 0. The van der Waals surface area contributed by atoms with Crippen LogP contribution in [0.5, 0.6) is 5.75 Å². The summed E-state index contributed by atoms with van der Waals surface area (Å²) in [6.07, 6.45) is -4.31. The Morgan fingerprint density at radius 3 is 2.36 bits per heavy atom. The van der Waals surface area contributed by atoms with Crippen LogP contribution >= 0.6 is 0 Å². The molecule has 0 spiro atoms. The van der Waals surface area contributed by atoms with Crippen LogP contribution in [0.25, 0.3) is 10.8 Å². The second-order valence-corrected chi connectivity index (χ2v) is 7.97. The second-order valence-electron chi connectivity index (χ2n) is 7.97. The standard InChI is InChI=1S/C25H27F3N2O2.ClH/c26-25(27,28)21-7-4-8-22(19-21)30-13-11-29(12-14-30)15-16-31-17-18-32-24-10-3-6-20-5-1-2-9-23(20)24;/h1-10,19H,11-18H2;1H. The van der Waals surface area contributed by atoms with E-state index in [0.717, 1.165) is 55.3 Å². The van der Waals surface area contributed by atoms with Gasteiger partial charge in [0, 0.05) is 11.1 Å². The van der Waals surface area contributed by atoms with Crippen LogP contribution in [0, 0.1) is 0 Å². The molecule has 4 nitrogen and oxygen atoms in total. The zero-order valence-corrected chi connectivity index (χ0v) is 19.0. The van der Waals surface area contributed by atoms with Gasteiger partial charge in [-0.1, -0.05) is 42.5 Å². The van der Waals surface area contributed by atoms with E-state index in [1.807, 2.05) is 35.2 Å². The Balaban J connectivity index is 0.00000306. The third-order valence-electron chi connectivity index (χ3n) is 5.84. The number of anilines is 1. The molecule has 1 fully saturated rings. The summed E-state index contributed by atoms with van der Waals surface area (Å²) in [6.45, 7) is 5.77. The van der Waals surface area contributed by atoms with Crippen LogP contribution in [0.3, 0.4) is 0 Å². The molecule has 4 rings (SSSR count). The quantitative estimate of drug-likeness (QED) is 0.480. The van der Waals surface area contributed by atoms with Crippen molar-refractivity contribution in [2.24, 2.45) is 0 Å². The Kier molecular flexibility index (Phi) is 8.83. The zero-order chi connectivity index (χ0) is 22.4. The molecule has 0 aliphatic carbocycles. The molecule has 0 amide bonds. The Labute approximate surface area is 198 Å². The van der Waals surface area contributed by atoms with Crippen LogP contribution in [0.1, 0.15) is 5.56 Å². The molecule has 0 bridgehead atoms. The smallest absolute Gasteiger partial charge is 0.416 e. The highest BCUT2D eigenvalue weighted by Crippen LogP contribution is 2.31. The van der Waals surface area contributed by atoms with Crippen LogP contribution in [0.4, 0.5) is 18.9 Å². The van der Waals surface area contributed by atoms with Gasteiger partial charge in [-0.25, -0.2) is 0 Å². The maximum Gasteiger partial charge on any atom is 0.416 e. The van der Waals surface area contributed by atoms with E-state index in [0.29, 0.717) is 25.5 Å². The first kappa shape index (κ1) is 25.1. The molecule has 1 aliphatic heterocycles. The summed E-state index contributed by atoms with van der Waals surface area (Å²) in [5.41, 5.74) is 0.0459. The number of ether oxygens (including phenoxy) is 2. The molecule has 8 heteroatoms. The lowest BCUT2D eigenvalue weighted by Crippen LogP contribution is -3.15. The molecular weight excluding hydrogens is 453 g/mol. The van der Waals surface area contributed by atoms with Crippen LogP contribution in [0.15, 0.2) is 66.7 Å². The van der Waals surface area contributed by atoms with Crippen molar-refractivity contribution in [3.63, 3.8) is 0 Å². The Morgan fingerprint density at radius 2 is 1.58 bits per heavy atom. The van der Waals surface area contributed by atoms with E-state index >= 15 is 0 Å². The number of piperazine rings is 1. The van der Waals surface area contributed by atoms with Gasteiger partial charge in [-0.3, -0.25) is 0 Å².